The third-order valence-corrected chi connectivity index (χ3v) is 4.60. The van der Waals surface area contributed by atoms with Gasteiger partial charge in [-0.3, -0.25) is 14.7 Å². The molecule has 0 spiro atoms. The number of nitrogens with zero attached hydrogens (tertiary/aromatic N) is 1. The van der Waals surface area contributed by atoms with Crippen molar-refractivity contribution in [3.8, 4) is 0 Å². The maximum Gasteiger partial charge on any atom is 0.294 e. The summed E-state index contributed by atoms with van der Waals surface area (Å²) in [6.07, 6.45) is 0. The molecule has 0 saturated carbocycles. The molecule has 0 aliphatic carbocycles. The summed E-state index contributed by atoms with van der Waals surface area (Å²) in [5.74, 6) is -0.723. The standard InChI is InChI=1S/C8H9NO8S2/c10-1-2-18(13,14)7-3-6(9(11)12)4-8(5-7)19(15,16)17/h3-5,10H,1-2H2,(H,15,16,17). The van der Waals surface area contributed by atoms with Gasteiger partial charge in [-0.25, -0.2) is 8.42 Å². The number of sulfone groups is 1. The van der Waals surface area contributed by atoms with Gasteiger partial charge in [-0.05, 0) is 6.07 Å². The molecule has 0 amide bonds. The molecule has 0 bridgehead atoms. The number of nitro groups is 1. The maximum atomic E-state index is 11.6. The van der Waals surface area contributed by atoms with Crippen molar-refractivity contribution < 1.29 is 31.4 Å². The lowest BCUT2D eigenvalue weighted by atomic mass is 10.3. The predicted octanol–water partition coefficient (Wildman–Crippen LogP) is -0.393. The molecule has 9 nitrogen and oxygen atoms in total. The SMILES string of the molecule is O=[N+]([O-])c1cc(S(=O)(=O)O)cc(S(=O)(=O)CCO)c1. The van der Waals surface area contributed by atoms with Gasteiger partial charge in [0, 0.05) is 12.1 Å². The smallest absolute Gasteiger partial charge is 0.294 e. The first-order chi connectivity index (χ1) is 8.58. The van der Waals surface area contributed by atoms with Gasteiger partial charge in [0.05, 0.1) is 22.2 Å². The van der Waals surface area contributed by atoms with E-state index in [-0.39, 0.29) is 0 Å². The number of hydrogen-bond donors (Lipinski definition) is 2. The summed E-state index contributed by atoms with van der Waals surface area (Å²) in [7, 11) is -8.87. The van der Waals surface area contributed by atoms with Gasteiger partial charge in [-0.15, -0.1) is 0 Å². The highest BCUT2D eigenvalue weighted by molar-refractivity contribution is 7.91. The molecule has 0 unspecified atom stereocenters. The molecular weight excluding hydrogens is 302 g/mol. The van der Waals surface area contributed by atoms with Crippen LogP contribution in [0.5, 0.6) is 0 Å². The summed E-state index contributed by atoms with van der Waals surface area (Å²) < 4.78 is 53.9. The van der Waals surface area contributed by atoms with Crippen LogP contribution < -0.4 is 0 Å². The normalized spacial score (nSPS) is 12.3. The van der Waals surface area contributed by atoms with Crippen LogP contribution in [0.4, 0.5) is 5.69 Å². The number of hydrogen-bond acceptors (Lipinski definition) is 7. The average molecular weight is 311 g/mol. The first-order valence-corrected chi connectivity index (χ1v) is 7.78. The van der Waals surface area contributed by atoms with Crippen molar-refractivity contribution in [3.63, 3.8) is 0 Å². The van der Waals surface area contributed by atoms with Crippen LogP contribution in [0.1, 0.15) is 0 Å². The van der Waals surface area contributed by atoms with E-state index in [4.69, 9.17) is 9.66 Å². The summed E-state index contributed by atoms with van der Waals surface area (Å²) in [5.41, 5.74) is -0.799. The Hall–Kier alpha value is -1.56. The predicted molar refractivity (Wildman–Crippen MR) is 62.0 cm³/mol. The topological polar surface area (TPSA) is 152 Å². The zero-order chi connectivity index (χ0) is 14.8. The molecule has 1 aromatic carbocycles. The molecule has 2 N–H and O–H groups in total. The van der Waals surface area contributed by atoms with Crippen LogP contribution in [0.15, 0.2) is 28.0 Å². The number of nitro benzene ring substituents is 1. The Balaban J connectivity index is 3.59. The molecule has 1 aromatic rings. The Bertz CT molecular complexity index is 706. The lowest BCUT2D eigenvalue weighted by Crippen LogP contribution is -2.11. The van der Waals surface area contributed by atoms with Gasteiger partial charge in [0.1, 0.15) is 4.90 Å². The zero-order valence-electron chi connectivity index (χ0n) is 9.25. The van der Waals surface area contributed by atoms with Crippen LogP contribution in [-0.2, 0) is 20.0 Å². The quantitative estimate of drug-likeness (QED) is 0.423. The Morgan fingerprint density at radius 1 is 1.11 bits per heavy atom. The minimum atomic E-state index is -4.79. The van der Waals surface area contributed by atoms with Crippen molar-refractivity contribution in [2.45, 2.75) is 9.79 Å². The van der Waals surface area contributed by atoms with E-state index in [0.717, 1.165) is 0 Å². The average Bonchev–Trinajstić information content (AvgIpc) is 2.27. The molecule has 0 fully saturated rings. The van der Waals surface area contributed by atoms with Crippen molar-refractivity contribution in [1.29, 1.82) is 0 Å². The molecule has 0 saturated heterocycles. The molecule has 0 aliphatic rings. The first kappa shape index (κ1) is 15.5. The molecule has 19 heavy (non-hydrogen) atoms. The molecule has 11 heteroatoms. The van der Waals surface area contributed by atoms with Crippen molar-refractivity contribution in [1.82, 2.24) is 0 Å². The fourth-order valence-electron chi connectivity index (χ4n) is 1.23. The Kier molecular flexibility index (Phi) is 4.25. The Labute approximate surface area is 108 Å². The molecular formula is C8H9NO8S2. The molecule has 1 rings (SSSR count). The summed E-state index contributed by atoms with van der Waals surface area (Å²) in [6.45, 7) is -0.730. The highest BCUT2D eigenvalue weighted by atomic mass is 32.2. The van der Waals surface area contributed by atoms with Crippen LogP contribution in [-0.4, -0.2) is 43.8 Å². The molecule has 0 aromatic heterocycles. The van der Waals surface area contributed by atoms with Gasteiger partial charge in [-0.2, -0.15) is 8.42 Å². The van der Waals surface area contributed by atoms with Gasteiger partial charge in [0.25, 0.3) is 15.8 Å². The third kappa shape index (κ3) is 3.70. The highest BCUT2D eigenvalue weighted by Crippen LogP contribution is 2.24. The van der Waals surface area contributed by atoms with Gasteiger partial charge in [0.2, 0.25) is 0 Å². The summed E-state index contributed by atoms with van der Waals surface area (Å²) in [5, 5.41) is 19.2. The molecule has 0 atom stereocenters. The Morgan fingerprint density at radius 2 is 1.63 bits per heavy atom. The van der Waals surface area contributed by atoms with Gasteiger partial charge in [0.15, 0.2) is 9.84 Å². The van der Waals surface area contributed by atoms with Gasteiger partial charge < -0.3 is 5.11 Å². The van der Waals surface area contributed by atoms with E-state index in [1.807, 2.05) is 0 Å². The maximum absolute atomic E-state index is 11.6. The molecule has 0 heterocycles. The Morgan fingerprint density at radius 3 is 2.05 bits per heavy atom. The van der Waals surface area contributed by atoms with Crippen LogP contribution >= 0.6 is 0 Å². The minimum Gasteiger partial charge on any atom is -0.395 e. The molecule has 0 radical (unpaired) electrons. The highest BCUT2D eigenvalue weighted by Gasteiger charge is 2.23. The van der Waals surface area contributed by atoms with Crippen molar-refractivity contribution >= 4 is 25.6 Å². The number of non-ortho nitro benzene ring substituents is 1. The van der Waals surface area contributed by atoms with E-state index >= 15 is 0 Å². The lowest BCUT2D eigenvalue weighted by Gasteiger charge is -2.04. The summed E-state index contributed by atoms with van der Waals surface area (Å²) >= 11 is 0. The van der Waals surface area contributed by atoms with Crippen molar-refractivity contribution in [2.75, 3.05) is 12.4 Å². The van der Waals surface area contributed by atoms with E-state index in [2.05, 4.69) is 0 Å². The van der Waals surface area contributed by atoms with E-state index in [1.165, 1.54) is 0 Å². The first-order valence-electron chi connectivity index (χ1n) is 4.68. The second-order valence-electron chi connectivity index (χ2n) is 3.44. The fourth-order valence-corrected chi connectivity index (χ4v) is 2.93. The van der Waals surface area contributed by atoms with Crippen LogP contribution in [0.25, 0.3) is 0 Å². The number of aliphatic hydroxyl groups excluding tert-OH is 1. The van der Waals surface area contributed by atoms with E-state index in [9.17, 15) is 26.9 Å². The minimum absolute atomic E-state index is 0.535. The zero-order valence-corrected chi connectivity index (χ0v) is 10.9. The molecule has 0 aliphatic heterocycles. The number of aliphatic hydroxyl groups is 1. The lowest BCUT2D eigenvalue weighted by molar-refractivity contribution is -0.385. The van der Waals surface area contributed by atoms with Gasteiger partial charge in [-0.1, -0.05) is 0 Å². The number of benzene rings is 1. The summed E-state index contributed by atoms with van der Waals surface area (Å²) in [6, 6.07) is 1.78. The fraction of sp³-hybridized carbons (Fsp3) is 0.250. The monoisotopic (exact) mass is 311 g/mol. The van der Waals surface area contributed by atoms with E-state index in [0.29, 0.717) is 18.2 Å². The second kappa shape index (κ2) is 5.21. The summed E-state index contributed by atoms with van der Waals surface area (Å²) in [4.78, 5) is 8.04. The van der Waals surface area contributed by atoms with Crippen LogP contribution in [0, 0.1) is 10.1 Å². The molecule has 106 valence electrons. The van der Waals surface area contributed by atoms with E-state index < -0.39 is 52.7 Å². The van der Waals surface area contributed by atoms with Crippen LogP contribution in [0.2, 0.25) is 0 Å². The van der Waals surface area contributed by atoms with Crippen LogP contribution in [0.3, 0.4) is 0 Å². The van der Waals surface area contributed by atoms with Gasteiger partial charge >= 0.3 is 0 Å². The van der Waals surface area contributed by atoms with Crippen molar-refractivity contribution in [2.24, 2.45) is 0 Å². The van der Waals surface area contributed by atoms with Crippen molar-refractivity contribution in [3.05, 3.63) is 28.3 Å². The largest absolute Gasteiger partial charge is 0.395 e. The number of rotatable bonds is 5. The van der Waals surface area contributed by atoms with E-state index in [1.54, 1.807) is 0 Å². The second-order valence-corrected chi connectivity index (χ2v) is 6.97. The third-order valence-electron chi connectivity index (χ3n) is 2.09.